The summed E-state index contributed by atoms with van der Waals surface area (Å²) in [6, 6.07) is 0.406. The van der Waals surface area contributed by atoms with Crippen LogP contribution >= 0.6 is 0 Å². The Bertz CT molecular complexity index is 504. The predicted molar refractivity (Wildman–Crippen MR) is 73.2 cm³/mol. The van der Waals surface area contributed by atoms with E-state index in [-0.39, 0.29) is 5.91 Å². The van der Waals surface area contributed by atoms with Crippen molar-refractivity contribution in [2.75, 3.05) is 30.4 Å². The van der Waals surface area contributed by atoms with Gasteiger partial charge in [-0.25, -0.2) is 9.97 Å². The summed E-state index contributed by atoms with van der Waals surface area (Å²) in [5.41, 5.74) is 0.924. The number of carbonyl (C=O) groups is 1. The van der Waals surface area contributed by atoms with E-state index in [0.29, 0.717) is 24.2 Å². The van der Waals surface area contributed by atoms with Crippen molar-refractivity contribution >= 4 is 17.5 Å². The van der Waals surface area contributed by atoms with E-state index in [1.165, 1.54) is 12.7 Å². The summed E-state index contributed by atoms with van der Waals surface area (Å²) in [6.45, 7) is 4.30. The van der Waals surface area contributed by atoms with Crippen molar-refractivity contribution in [3.05, 3.63) is 11.9 Å². The Kier molecular flexibility index (Phi) is 3.10. The third-order valence-corrected chi connectivity index (χ3v) is 4.14. The number of aromatic nitrogens is 2. The summed E-state index contributed by atoms with van der Waals surface area (Å²) in [7, 11) is 2.06. The van der Waals surface area contributed by atoms with Crippen molar-refractivity contribution in [3.8, 4) is 0 Å². The minimum atomic E-state index is -0.0000300. The maximum atomic E-state index is 11.5. The number of likely N-dealkylation sites (N-methyl/N-ethyl adjacent to an activating group) is 1. The Hall–Kier alpha value is -1.69. The summed E-state index contributed by atoms with van der Waals surface area (Å²) in [5, 5.41) is 6.20. The van der Waals surface area contributed by atoms with Gasteiger partial charge in [0.1, 0.15) is 18.0 Å². The number of hydrogen-bond acceptors (Lipinski definition) is 5. The van der Waals surface area contributed by atoms with Crippen LogP contribution in [0, 0.1) is 5.92 Å². The van der Waals surface area contributed by atoms with E-state index < -0.39 is 0 Å². The highest BCUT2D eigenvalue weighted by Crippen LogP contribution is 2.30. The van der Waals surface area contributed by atoms with Crippen LogP contribution in [-0.2, 0) is 11.2 Å². The zero-order chi connectivity index (χ0) is 13.4. The standard InChI is InChI=1S/C13H19N5O/c1-8-3-4-14-6-10(8)18(2)13-9-5-11(19)17-12(9)15-7-16-13/h7-8,10,14H,3-6H2,1-2H3,(H,15,16,17,19). The average molecular weight is 261 g/mol. The summed E-state index contributed by atoms with van der Waals surface area (Å²) < 4.78 is 0. The molecule has 1 aromatic rings. The first kappa shape index (κ1) is 12.3. The van der Waals surface area contributed by atoms with Crippen LogP contribution in [0.15, 0.2) is 6.33 Å². The van der Waals surface area contributed by atoms with Gasteiger partial charge in [0.15, 0.2) is 0 Å². The van der Waals surface area contributed by atoms with Gasteiger partial charge in [0, 0.05) is 25.2 Å². The molecule has 2 unspecified atom stereocenters. The fourth-order valence-electron chi connectivity index (χ4n) is 2.96. The number of rotatable bonds is 2. The van der Waals surface area contributed by atoms with Crippen molar-refractivity contribution in [2.24, 2.45) is 5.92 Å². The molecule has 6 nitrogen and oxygen atoms in total. The number of amides is 1. The molecule has 19 heavy (non-hydrogen) atoms. The Morgan fingerprint density at radius 2 is 2.26 bits per heavy atom. The third-order valence-electron chi connectivity index (χ3n) is 4.14. The third kappa shape index (κ3) is 2.16. The fraction of sp³-hybridized carbons (Fsp3) is 0.615. The number of fused-ring (bicyclic) bond motifs is 1. The number of carbonyl (C=O) groups excluding carboxylic acids is 1. The molecule has 3 heterocycles. The van der Waals surface area contributed by atoms with E-state index in [0.717, 1.165) is 24.5 Å². The van der Waals surface area contributed by atoms with Gasteiger partial charge in [-0.15, -0.1) is 0 Å². The Morgan fingerprint density at radius 1 is 1.42 bits per heavy atom. The van der Waals surface area contributed by atoms with Crippen LogP contribution in [0.4, 0.5) is 11.6 Å². The first-order valence-corrected chi connectivity index (χ1v) is 6.74. The zero-order valence-electron chi connectivity index (χ0n) is 11.3. The number of nitrogens with zero attached hydrogens (tertiary/aromatic N) is 3. The second kappa shape index (κ2) is 4.77. The van der Waals surface area contributed by atoms with Crippen LogP contribution in [0.5, 0.6) is 0 Å². The number of anilines is 2. The van der Waals surface area contributed by atoms with Gasteiger partial charge in [-0.3, -0.25) is 4.79 Å². The highest BCUT2D eigenvalue weighted by Gasteiger charge is 2.30. The van der Waals surface area contributed by atoms with Crippen molar-refractivity contribution in [3.63, 3.8) is 0 Å². The molecule has 2 atom stereocenters. The second-order valence-electron chi connectivity index (χ2n) is 5.40. The minimum absolute atomic E-state index is 0.0000300. The smallest absolute Gasteiger partial charge is 0.230 e. The molecule has 0 radical (unpaired) electrons. The molecule has 1 saturated heterocycles. The van der Waals surface area contributed by atoms with Crippen molar-refractivity contribution in [1.29, 1.82) is 0 Å². The molecular weight excluding hydrogens is 242 g/mol. The molecule has 1 aromatic heterocycles. The van der Waals surface area contributed by atoms with Crippen LogP contribution in [0.1, 0.15) is 18.9 Å². The second-order valence-corrected chi connectivity index (χ2v) is 5.40. The molecule has 6 heteroatoms. The lowest BCUT2D eigenvalue weighted by Crippen LogP contribution is -2.49. The Labute approximate surface area is 112 Å². The maximum Gasteiger partial charge on any atom is 0.230 e. The fourth-order valence-corrected chi connectivity index (χ4v) is 2.96. The lowest BCUT2D eigenvalue weighted by Gasteiger charge is -2.37. The van der Waals surface area contributed by atoms with Crippen LogP contribution in [-0.4, -0.2) is 42.1 Å². The number of hydrogen-bond donors (Lipinski definition) is 2. The Balaban J connectivity index is 1.90. The molecule has 2 aliphatic rings. The number of piperidine rings is 1. The van der Waals surface area contributed by atoms with Crippen LogP contribution in [0.2, 0.25) is 0 Å². The van der Waals surface area contributed by atoms with Crippen molar-refractivity contribution in [1.82, 2.24) is 15.3 Å². The van der Waals surface area contributed by atoms with Gasteiger partial charge in [-0.05, 0) is 18.9 Å². The summed E-state index contributed by atoms with van der Waals surface area (Å²) in [6.07, 6.45) is 3.07. The molecule has 2 aliphatic heterocycles. The van der Waals surface area contributed by atoms with E-state index in [1.807, 2.05) is 0 Å². The van der Waals surface area contributed by atoms with Gasteiger partial charge >= 0.3 is 0 Å². The molecule has 1 amide bonds. The molecule has 3 rings (SSSR count). The summed E-state index contributed by atoms with van der Waals surface area (Å²) in [4.78, 5) is 22.2. The topological polar surface area (TPSA) is 70.1 Å². The van der Waals surface area contributed by atoms with Crippen molar-refractivity contribution in [2.45, 2.75) is 25.8 Å². The minimum Gasteiger partial charge on any atom is -0.355 e. The normalized spacial score (nSPS) is 25.9. The Morgan fingerprint density at radius 3 is 3.05 bits per heavy atom. The van der Waals surface area contributed by atoms with Crippen LogP contribution < -0.4 is 15.5 Å². The molecule has 0 saturated carbocycles. The molecule has 0 bridgehead atoms. The van der Waals surface area contributed by atoms with E-state index in [9.17, 15) is 4.79 Å². The monoisotopic (exact) mass is 261 g/mol. The van der Waals surface area contributed by atoms with E-state index in [2.05, 4.69) is 39.5 Å². The highest BCUT2D eigenvalue weighted by atomic mass is 16.1. The van der Waals surface area contributed by atoms with E-state index in [1.54, 1.807) is 0 Å². The SMILES string of the molecule is CC1CCNCC1N(C)c1ncnc2c1CC(=O)N2. The highest BCUT2D eigenvalue weighted by molar-refractivity contribution is 5.99. The zero-order valence-corrected chi connectivity index (χ0v) is 11.3. The van der Waals surface area contributed by atoms with Gasteiger partial charge in [0.25, 0.3) is 0 Å². The lowest BCUT2D eigenvalue weighted by atomic mass is 9.93. The quantitative estimate of drug-likeness (QED) is 0.806. The summed E-state index contributed by atoms with van der Waals surface area (Å²) in [5.74, 6) is 2.16. The molecule has 1 fully saturated rings. The molecule has 102 valence electrons. The van der Waals surface area contributed by atoms with Crippen LogP contribution in [0.3, 0.4) is 0 Å². The van der Waals surface area contributed by atoms with Gasteiger partial charge in [-0.2, -0.15) is 0 Å². The van der Waals surface area contributed by atoms with Crippen LogP contribution in [0.25, 0.3) is 0 Å². The molecule has 2 N–H and O–H groups in total. The largest absolute Gasteiger partial charge is 0.355 e. The van der Waals surface area contributed by atoms with Crippen molar-refractivity contribution < 1.29 is 4.79 Å². The first-order valence-electron chi connectivity index (χ1n) is 6.74. The van der Waals surface area contributed by atoms with E-state index in [4.69, 9.17) is 0 Å². The van der Waals surface area contributed by atoms with Gasteiger partial charge in [0.2, 0.25) is 5.91 Å². The molecule has 0 spiro atoms. The first-order chi connectivity index (χ1) is 9.16. The van der Waals surface area contributed by atoms with Gasteiger partial charge in [0.05, 0.1) is 6.42 Å². The lowest BCUT2D eigenvalue weighted by molar-refractivity contribution is -0.115. The summed E-state index contributed by atoms with van der Waals surface area (Å²) >= 11 is 0. The maximum absolute atomic E-state index is 11.5. The van der Waals surface area contributed by atoms with Gasteiger partial charge < -0.3 is 15.5 Å². The average Bonchev–Trinajstić information content (AvgIpc) is 2.78. The number of nitrogens with one attached hydrogen (secondary N) is 2. The molecule has 0 aromatic carbocycles. The molecule has 0 aliphatic carbocycles. The van der Waals surface area contributed by atoms with E-state index >= 15 is 0 Å². The molecular formula is C13H19N5O. The van der Waals surface area contributed by atoms with Gasteiger partial charge in [-0.1, -0.05) is 6.92 Å². The predicted octanol–water partition coefficient (Wildman–Crippen LogP) is 0.405.